The third kappa shape index (κ3) is 2.16. The molecule has 1 aromatic rings. The minimum absolute atomic E-state index is 0.0242. The van der Waals surface area contributed by atoms with E-state index in [9.17, 15) is 0 Å². The van der Waals surface area contributed by atoms with Gasteiger partial charge in [-0.1, -0.05) is 11.6 Å². The molecule has 1 aromatic carbocycles. The molecule has 1 saturated heterocycles. The fourth-order valence-corrected chi connectivity index (χ4v) is 2.55. The van der Waals surface area contributed by atoms with Gasteiger partial charge in [0, 0.05) is 38.6 Å². The summed E-state index contributed by atoms with van der Waals surface area (Å²) in [5.74, 6) is 0.793. The molecule has 0 radical (unpaired) electrons. The monoisotopic (exact) mass is 269 g/mol. The summed E-state index contributed by atoms with van der Waals surface area (Å²) < 4.78 is 17.1. The number of nitrogens with one attached hydrogen (secondary N) is 1. The van der Waals surface area contributed by atoms with Crippen LogP contribution in [0.3, 0.4) is 0 Å². The number of fused-ring (bicyclic) bond motifs is 1. The first kappa shape index (κ1) is 12.1. The molecule has 18 heavy (non-hydrogen) atoms. The van der Waals surface area contributed by atoms with Crippen LogP contribution in [-0.2, 0) is 4.74 Å². The van der Waals surface area contributed by atoms with Gasteiger partial charge in [-0.05, 0) is 6.07 Å². The highest BCUT2D eigenvalue weighted by Crippen LogP contribution is 2.44. The van der Waals surface area contributed by atoms with Gasteiger partial charge < -0.3 is 19.5 Å². The number of benzene rings is 1. The summed E-state index contributed by atoms with van der Waals surface area (Å²) in [4.78, 5) is 0. The molecule has 0 aliphatic carbocycles. The zero-order chi connectivity index (χ0) is 12.8. The van der Waals surface area contributed by atoms with Gasteiger partial charge in [0.25, 0.3) is 0 Å². The molecule has 0 bridgehead atoms. The summed E-state index contributed by atoms with van der Waals surface area (Å²) in [7, 11) is 0. The summed E-state index contributed by atoms with van der Waals surface area (Å²) in [6.07, 6.45) is -0.0242. The fraction of sp³-hybridized carbons (Fsp3) is 0.538. The van der Waals surface area contributed by atoms with E-state index < -0.39 is 5.79 Å². The second kappa shape index (κ2) is 4.30. The Morgan fingerprint density at radius 2 is 2.00 bits per heavy atom. The Morgan fingerprint density at radius 3 is 2.67 bits per heavy atom. The predicted octanol–water partition coefficient (Wildman–Crippen LogP) is 2.51. The van der Waals surface area contributed by atoms with E-state index in [-0.39, 0.29) is 6.10 Å². The van der Waals surface area contributed by atoms with Crippen molar-refractivity contribution in [3.8, 4) is 11.5 Å². The summed E-state index contributed by atoms with van der Waals surface area (Å²) in [6, 6.07) is 3.73. The second-order valence-corrected chi connectivity index (χ2v) is 5.40. The van der Waals surface area contributed by atoms with Crippen molar-refractivity contribution in [1.82, 2.24) is 5.32 Å². The van der Waals surface area contributed by atoms with Crippen molar-refractivity contribution in [1.29, 1.82) is 0 Å². The van der Waals surface area contributed by atoms with E-state index >= 15 is 0 Å². The van der Waals surface area contributed by atoms with Crippen LogP contribution >= 0.6 is 11.6 Å². The number of halogens is 1. The van der Waals surface area contributed by atoms with Crippen molar-refractivity contribution in [2.45, 2.75) is 25.7 Å². The van der Waals surface area contributed by atoms with Gasteiger partial charge in [0.1, 0.15) is 0 Å². The van der Waals surface area contributed by atoms with E-state index in [1.807, 2.05) is 19.9 Å². The number of rotatable bonds is 1. The zero-order valence-corrected chi connectivity index (χ0v) is 11.2. The smallest absolute Gasteiger partial charge is 0.246 e. The minimum atomic E-state index is -0.629. The lowest BCUT2D eigenvalue weighted by molar-refractivity contribution is -0.0432. The Hall–Kier alpha value is -0.970. The van der Waals surface area contributed by atoms with E-state index in [1.165, 1.54) is 0 Å². The topological polar surface area (TPSA) is 39.7 Å². The molecule has 2 heterocycles. The van der Waals surface area contributed by atoms with Crippen LogP contribution < -0.4 is 14.8 Å². The predicted molar refractivity (Wildman–Crippen MR) is 68.3 cm³/mol. The average Bonchev–Trinajstić information content (AvgIpc) is 2.62. The highest BCUT2D eigenvalue weighted by atomic mass is 35.5. The summed E-state index contributed by atoms with van der Waals surface area (Å²) >= 11 is 6.29. The molecule has 98 valence electrons. The molecule has 2 aliphatic heterocycles. The minimum Gasteiger partial charge on any atom is -0.449 e. The molecule has 4 nitrogen and oxygen atoms in total. The quantitative estimate of drug-likeness (QED) is 0.850. The van der Waals surface area contributed by atoms with Crippen LogP contribution in [0.1, 0.15) is 25.5 Å². The van der Waals surface area contributed by atoms with E-state index in [1.54, 1.807) is 6.07 Å². The fourth-order valence-electron chi connectivity index (χ4n) is 2.27. The lowest BCUT2D eigenvalue weighted by atomic mass is 10.1. The van der Waals surface area contributed by atoms with Crippen LogP contribution in [0.15, 0.2) is 12.1 Å². The van der Waals surface area contributed by atoms with Crippen molar-refractivity contribution in [2.24, 2.45) is 0 Å². The summed E-state index contributed by atoms with van der Waals surface area (Å²) in [6.45, 7) is 6.09. The Kier molecular flexibility index (Phi) is 2.88. The molecule has 3 rings (SSSR count). The Bertz CT molecular complexity index is 470. The highest BCUT2D eigenvalue weighted by Gasteiger charge is 2.33. The summed E-state index contributed by atoms with van der Waals surface area (Å²) in [5.41, 5.74) is 0.948. The van der Waals surface area contributed by atoms with Crippen molar-refractivity contribution in [3.63, 3.8) is 0 Å². The third-order valence-electron chi connectivity index (χ3n) is 3.05. The maximum Gasteiger partial charge on any atom is 0.246 e. The molecule has 0 saturated carbocycles. The van der Waals surface area contributed by atoms with Gasteiger partial charge in [0.2, 0.25) is 5.79 Å². The molecule has 0 amide bonds. The lowest BCUT2D eigenvalue weighted by Gasteiger charge is -2.24. The molecular formula is C13H16ClNO3. The molecule has 1 atom stereocenters. The third-order valence-corrected chi connectivity index (χ3v) is 3.38. The van der Waals surface area contributed by atoms with Gasteiger partial charge in [-0.15, -0.1) is 0 Å². The molecule has 1 fully saturated rings. The Morgan fingerprint density at radius 1 is 1.28 bits per heavy atom. The van der Waals surface area contributed by atoms with E-state index in [2.05, 4.69) is 5.32 Å². The normalized spacial score (nSPS) is 25.2. The molecular weight excluding hydrogens is 254 g/mol. The molecule has 1 N–H and O–H groups in total. The van der Waals surface area contributed by atoms with E-state index in [0.717, 1.165) is 24.4 Å². The average molecular weight is 270 g/mol. The maximum absolute atomic E-state index is 6.29. The van der Waals surface area contributed by atoms with Gasteiger partial charge >= 0.3 is 0 Å². The van der Waals surface area contributed by atoms with E-state index in [4.69, 9.17) is 25.8 Å². The summed E-state index contributed by atoms with van der Waals surface area (Å²) in [5, 5.41) is 3.95. The van der Waals surface area contributed by atoms with Crippen LogP contribution in [-0.4, -0.2) is 25.5 Å². The lowest BCUT2D eigenvalue weighted by Crippen LogP contribution is -2.33. The molecule has 5 heteroatoms. The first-order valence-corrected chi connectivity index (χ1v) is 6.47. The van der Waals surface area contributed by atoms with E-state index in [0.29, 0.717) is 17.4 Å². The molecule has 2 aliphatic rings. The largest absolute Gasteiger partial charge is 0.449 e. The van der Waals surface area contributed by atoms with Crippen molar-refractivity contribution >= 4 is 11.6 Å². The first-order chi connectivity index (χ1) is 8.55. The van der Waals surface area contributed by atoms with Gasteiger partial charge in [-0.2, -0.15) is 0 Å². The van der Waals surface area contributed by atoms with Crippen molar-refractivity contribution < 1.29 is 14.2 Å². The van der Waals surface area contributed by atoms with Crippen LogP contribution in [0.2, 0.25) is 5.02 Å². The first-order valence-electron chi connectivity index (χ1n) is 6.09. The molecule has 0 spiro atoms. The second-order valence-electron chi connectivity index (χ2n) is 4.99. The number of hydrogen-bond acceptors (Lipinski definition) is 4. The molecule has 1 unspecified atom stereocenters. The zero-order valence-electron chi connectivity index (χ0n) is 10.5. The Balaban J connectivity index is 1.93. The maximum atomic E-state index is 6.29. The van der Waals surface area contributed by atoms with Gasteiger partial charge in [-0.25, -0.2) is 0 Å². The van der Waals surface area contributed by atoms with Crippen LogP contribution in [0.25, 0.3) is 0 Å². The number of morpholine rings is 1. The SMILES string of the molecule is CC1(C)Oc2cc(Cl)c(C3CNCCO3)cc2O1. The Labute approximate surface area is 111 Å². The number of hydrogen-bond donors (Lipinski definition) is 1. The van der Waals surface area contributed by atoms with Crippen LogP contribution in [0.5, 0.6) is 11.5 Å². The van der Waals surface area contributed by atoms with Gasteiger partial charge in [0.15, 0.2) is 11.5 Å². The number of ether oxygens (including phenoxy) is 3. The van der Waals surface area contributed by atoms with Crippen LogP contribution in [0.4, 0.5) is 0 Å². The van der Waals surface area contributed by atoms with Crippen molar-refractivity contribution in [3.05, 3.63) is 22.7 Å². The standard InChI is InChI=1S/C13H16ClNO3/c1-13(2)17-10-5-8(9(14)6-11(10)18-13)12-7-15-3-4-16-12/h5-6,12,15H,3-4,7H2,1-2H3. The van der Waals surface area contributed by atoms with Crippen LogP contribution in [0, 0.1) is 0 Å². The highest BCUT2D eigenvalue weighted by molar-refractivity contribution is 6.31. The van der Waals surface area contributed by atoms with Gasteiger partial charge in [0.05, 0.1) is 17.7 Å². The van der Waals surface area contributed by atoms with Crippen molar-refractivity contribution in [2.75, 3.05) is 19.7 Å². The van der Waals surface area contributed by atoms with Gasteiger partial charge in [-0.3, -0.25) is 0 Å². The molecule has 0 aromatic heterocycles.